The highest BCUT2D eigenvalue weighted by molar-refractivity contribution is 5.81. The normalized spacial score (nSPS) is 12.2. The summed E-state index contributed by atoms with van der Waals surface area (Å²) in [5, 5.41) is 8.59. The Labute approximate surface area is 105 Å². The fourth-order valence-corrected chi connectivity index (χ4v) is 1.70. The number of hydrogen-bond donors (Lipinski definition) is 1. The summed E-state index contributed by atoms with van der Waals surface area (Å²) in [6.45, 7) is 7.38. The summed E-state index contributed by atoms with van der Waals surface area (Å²) in [5.41, 5.74) is 5.88. The Balaban J connectivity index is 4.34. The molecule has 0 saturated heterocycles. The summed E-state index contributed by atoms with van der Waals surface area (Å²) in [6, 6.07) is 1.66. The van der Waals surface area contributed by atoms with Gasteiger partial charge in [-0.15, -0.1) is 0 Å². The molecule has 4 heteroatoms. The van der Waals surface area contributed by atoms with E-state index in [1.54, 1.807) is 4.90 Å². The number of nitriles is 1. The fourth-order valence-electron chi connectivity index (χ4n) is 1.70. The third-order valence-corrected chi connectivity index (χ3v) is 2.58. The van der Waals surface area contributed by atoms with Crippen LogP contribution in [0.2, 0.25) is 0 Å². The minimum absolute atomic E-state index is 0.0117. The maximum absolute atomic E-state index is 12.1. The predicted octanol–water partition coefficient (Wildman–Crippen LogP) is 1.90. The monoisotopic (exact) mass is 239 g/mol. The number of carbonyl (C=O) groups is 1. The molecule has 0 radical (unpaired) electrons. The fraction of sp³-hybridized carbons (Fsp3) is 0.846. The lowest BCUT2D eigenvalue weighted by Gasteiger charge is -2.26. The van der Waals surface area contributed by atoms with E-state index in [0.29, 0.717) is 25.4 Å². The second kappa shape index (κ2) is 9.00. The van der Waals surface area contributed by atoms with Gasteiger partial charge in [-0.3, -0.25) is 4.79 Å². The van der Waals surface area contributed by atoms with Crippen LogP contribution in [0.4, 0.5) is 0 Å². The molecule has 0 aliphatic carbocycles. The zero-order chi connectivity index (χ0) is 13.3. The molecule has 2 N–H and O–H groups in total. The van der Waals surface area contributed by atoms with Crippen LogP contribution in [-0.4, -0.2) is 29.9 Å². The van der Waals surface area contributed by atoms with Crippen molar-refractivity contribution in [1.82, 2.24) is 4.90 Å². The zero-order valence-electron chi connectivity index (χ0n) is 11.3. The smallest absolute Gasteiger partial charge is 0.239 e. The Morgan fingerprint density at radius 2 is 2.12 bits per heavy atom. The van der Waals surface area contributed by atoms with Gasteiger partial charge >= 0.3 is 0 Å². The number of carbonyl (C=O) groups excluding carboxylic acids is 1. The third-order valence-electron chi connectivity index (χ3n) is 2.58. The average molecular weight is 239 g/mol. The molecular weight excluding hydrogens is 214 g/mol. The second-order valence-electron chi connectivity index (χ2n) is 4.83. The van der Waals surface area contributed by atoms with E-state index in [1.165, 1.54) is 0 Å². The van der Waals surface area contributed by atoms with E-state index in [0.717, 1.165) is 19.3 Å². The molecule has 0 spiro atoms. The Kier molecular flexibility index (Phi) is 8.43. The molecule has 17 heavy (non-hydrogen) atoms. The maximum Gasteiger partial charge on any atom is 0.239 e. The molecule has 0 rings (SSSR count). The first-order chi connectivity index (χ1) is 8.02. The first-order valence-corrected chi connectivity index (χ1v) is 6.44. The molecule has 0 bridgehead atoms. The Morgan fingerprint density at radius 1 is 1.47 bits per heavy atom. The van der Waals surface area contributed by atoms with Gasteiger partial charge in [0.05, 0.1) is 18.5 Å². The minimum atomic E-state index is -0.410. The van der Waals surface area contributed by atoms with E-state index < -0.39 is 6.04 Å². The van der Waals surface area contributed by atoms with Gasteiger partial charge in [-0.1, -0.05) is 33.6 Å². The lowest BCUT2D eigenvalue weighted by Crippen LogP contribution is -2.45. The molecule has 4 nitrogen and oxygen atoms in total. The van der Waals surface area contributed by atoms with Crippen molar-refractivity contribution in [3.8, 4) is 6.07 Å². The van der Waals surface area contributed by atoms with Gasteiger partial charge in [0.1, 0.15) is 0 Å². The molecule has 0 unspecified atom stereocenters. The number of rotatable bonds is 8. The van der Waals surface area contributed by atoms with E-state index >= 15 is 0 Å². The summed E-state index contributed by atoms with van der Waals surface area (Å²) in [5.74, 6) is 0.387. The molecule has 0 aromatic heterocycles. The number of nitrogens with two attached hydrogens (primary N) is 1. The standard InChI is InChI=1S/C13H25N3O/c1-4-5-7-12(15)13(17)16(9-6-8-14)10-11(2)3/h11-12H,4-7,9-10,15H2,1-3H3/t12-/m0/s1. The highest BCUT2D eigenvalue weighted by Crippen LogP contribution is 2.06. The van der Waals surface area contributed by atoms with Crippen LogP contribution in [0, 0.1) is 17.2 Å². The maximum atomic E-state index is 12.1. The van der Waals surface area contributed by atoms with Gasteiger partial charge in [-0.2, -0.15) is 5.26 Å². The van der Waals surface area contributed by atoms with Crippen molar-refractivity contribution in [2.75, 3.05) is 13.1 Å². The summed E-state index contributed by atoms with van der Waals surface area (Å²) in [6.07, 6.45) is 3.12. The number of amides is 1. The van der Waals surface area contributed by atoms with Crippen LogP contribution in [-0.2, 0) is 4.79 Å². The van der Waals surface area contributed by atoms with Crippen molar-refractivity contribution < 1.29 is 4.79 Å². The van der Waals surface area contributed by atoms with Crippen molar-refractivity contribution in [2.24, 2.45) is 11.7 Å². The van der Waals surface area contributed by atoms with E-state index in [4.69, 9.17) is 11.0 Å². The van der Waals surface area contributed by atoms with Gasteiger partial charge in [0.15, 0.2) is 0 Å². The van der Waals surface area contributed by atoms with Gasteiger partial charge in [-0.05, 0) is 12.3 Å². The molecule has 0 aromatic rings. The van der Waals surface area contributed by atoms with E-state index in [1.807, 2.05) is 0 Å². The van der Waals surface area contributed by atoms with Gasteiger partial charge < -0.3 is 10.6 Å². The average Bonchev–Trinajstić information content (AvgIpc) is 2.29. The molecule has 0 heterocycles. The number of nitrogens with zero attached hydrogens (tertiary/aromatic N) is 2. The summed E-state index contributed by atoms with van der Waals surface area (Å²) < 4.78 is 0. The number of unbranched alkanes of at least 4 members (excludes halogenated alkanes) is 1. The lowest BCUT2D eigenvalue weighted by atomic mass is 10.1. The minimum Gasteiger partial charge on any atom is -0.340 e. The van der Waals surface area contributed by atoms with Gasteiger partial charge in [0.2, 0.25) is 5.91 Å². The van der Waals surface area contributed by atoms with Crippen LogP contribution in [0.5, 0.6) is 0 Å². The summed E-state index contributed by atoms with van der Waals surface area (Å²) in [4.78, 5) is 13.8. The van der Waals surface area contributed by atoms with Crippen molar-refractivity contribution in [3.05, 3.63) is 0 Å². The zero-order valence-corrected chi connectivity index (χ0v) is 11.3. The molecule has 0 aliphatic rings. The largest absolute Gasteiger partial charge is 0.340 e. The molecule has 0 fully saturated rings. The van der Waals surface area contributed by atoms with Crippen LogP contribution in [0.25, 0.3) is 0 Å². The topological polar surface area (TPSA) is 70.1 Å². The Morgan fingerprint density at radius 3 is 2.59 bits per heavy atom. The van der Waals surface area contributed by atoms with Crippen LogP contribution in [0.15, 0.2) is 0 Å². The first-order valence-electron chi connectivity index (χ1n) is 6.44. The van der Waals surface area contributed by atoms with Crippen LogP contribution in [0.1, 0.15) is 46.5 Å². The SMILES string of the molecule is CCCC[C@H](N)C(=O)N(CCC#N)CC(C)C. The predicted molar refractivity (Wildman–Crippen MR) is 69.1 cm³/mol. The third kappa shape index (κ3) is 6.96. The second-order valence-corrected chi connectivity index (χ2v) is 4.83. The van der Waals surface area contributed by atoms with E-state index in [9.17, 15) is 4.79 Å². The van der Waals surface area contributed by atoms with Crippen LogP contribution in [0.3, 0.4) is 0 Å². The molecule has 0 saturated carbocycles. The molecular formula is C13H25N3O. The highest BCUT2D eigenvalue weighted by atomic mass is 16.2. The Hall–Kier alpha value is -1.08. The Bertz CT molecular complexity index is 258. The molecule has 0 aromatic carbocycles. The summed E-state index contributed by atoms with van der Waals surface area (Å²) >= 11 is 0. The van der Waals surface area contributed by atoms with Gasteiger partial charge in [-0.25, -0.2) is 0 Å². The van der Waals surface area contributed by atoms with Crippen molar-refractivity contribution >= 4 is 5.91 Å². The summed E-state index contributed by atoms with van der Waals surface area (Å²) in [7, 11) is 0. The van der Waals surface area contributed by atoms with Crippen LogP contribution < -0.4 is 5.73 Å². The van der Waals surface area contributed by atoms with E-state index in [2.05, 4.69) is 26.8 Å². The van der Waals surface area contributed by atoms with Crippen molar-refractivity contribution in [1.29, 1.82) is 5.26 Å². The lowest BCUT2D eigenvalue weighted by molar-refractivity contribution is -0.133. The van der Waals surface area contributed by atoms with Crippen LogP contribution >= 0.6 is 0 Å². The van der Waals surface area contributed by atoms with E-state index in [-0.39, 0.29) is 5.91 Å². The van der Waals surface area contributed by atoms with Crippen molar-refractivity contribution in [3.63, 3.8) is 0 Å². The van der Waals surface area contributed by atoms with Crippen molar-refractivity contribution in [2.45, 2.75) is 52.5 Å². The number of hydrogen-bond acceptors (Lipinski definition) is 3. The quantitative estimate of drug-likeness (QED) is 0.703. The van der Waals surface area contributed by atoms with Gasteiger partial charge in [0.25, 0.3) is 0 Å². The first kappa shape index (κ1) is 15.9. The molecule has 1 amide bonds. The highest BCUT2D eigenvalue weighted by Gasteiger charge is 2.20. The molecule has 0 aliphatic heterocycles. The van der Waals surface area contributed by atoms with Gasteiger partial charge in [0, 0.05) is 13.1 Å². The molecule has 1 atom stereocenters. The molecule has 98 valence electrons.